The summed E-state index contributed by atoms with van der Waals surface area (Å²) in [6.45, 7) is 0. The Morgan fingerprint density at radius 2 is 2.00 bits per heavy atom. The van der Waals surface area contributed by atoms with Crippen LogP contribution in [0.15, 0.2) is 24.3 Å². The molecule has 0 aromatic heterocycles. The first-order valence-electron chi connectivity index (χ1n) is 3.31. The van der Waals surface area contributed by atoms with Crippen molar-refractivity contribution < 1.29 is 4.39 Å². The van der Waals surface area contributed by atoms with Gasteiger partial charge in [0.25, 0.3) is 0 Å². The highest BCUT2D eigenvalue weighted by Gasteiger charge is 2.07. The second-order valence-corrected chi connectivity index (χ2v) is 2.59. The van der Waals surface area contributed by atoms with E-state index >= 15 is 0 Å². The fourth-order valence-corrected chi connectivity index (χ4v) is 1.03. The second-order valence-electron chi connectivity index (χ2n) is 2.28. The summed E-state index contributed by atoms with van der Waals surface area (Å²) >= 11 is 5.47. The summed E-state index contributed by atoms with van der Waals surface area (Å²) in [5, 5.41) is 0. The quantitative estimate of drug-likeness (QED) is 0.745. The third-order valence-electron chi connectivity index (χ3n) is 1.47. The number of hydrogen-bond acceptors (Lipinski definition) is 1. The van der Waals surface area contributed by atoms with E-state index in [0.717, 1.165) is 0 Å². The summed E-state index contributed by atoms with van der Waals surface area (Å²) in [6, 6.07) is 5.98. The van der Waals surface area contributed by atoms with Gasteiger partial charge in [0.2, 0.25) is 0 Å². The smallest absolute Gasteiger partial charge is 0.128 e. The van der Waals surface area contributed by atoms with E-state index in [0.29, 0.717) is 5.56 Å². The highest BCUT2D eigenvalue weighted by atomic mass is 35.5. The molecule has 0 spiro atoms. The fourth-order valence-electron chi connectivity index (χ4n) is 0.859. The normalized spacial score (nSPS) is 11.9. The van der Waals surface area contributed by atoms with Crippen molar-refractivity contribution in [3.63, 3.8) is 0 Å². The summed E-state index contributed by atoms with van der Waals surface area (Å²) in [7, 11) is 0. The lowest BCUT2D eigenvalue weighted by atomic mass is 10.1. The van der Waals surface area contributed by atoms with Crippen LogP contribution in [0.25, 0.3) is 0 Å². The van der Waals surface area contributed by atoms with Crippen molar-refractivity contribution in [3.8, 4) is 0 Å². The molecule has 0 heterocycles. The summed E-state index contributed by atoms with van der Waals surface area (Å²) < 4.78 is 12.9. The van der Waals surface area contributed by atoms with Crippen molar-refractivity contribution in [2.24, 2.45) is 5.73 Å². The lowest BCUT2D eigenvalue weighted by molar-refractivity contribution is 0.595. The number of nitrogens with two attached hydrogens (primary N) is 1. The van der Waals surface area contributed by atoms with Crippen molar-refractivity contribution in [1.29, 1.82) is 0 Å². The molecular formula is C8H10Cl2FN. The molecule has 0 bridgehead atoms. The maximum atomic E-state index is 12.9. The van der Waals surface area contributed by atoms with Gasteiger partial charge in [-0.1, -0.05) is 18.2 Å². The van der Waals surface area contributed by atoms with Crippen LogP contribution in [-0.4, -0.2) is 5.88 Å². The number of rotatable bonds is 2. The molecule has 0 aliphatic rings. The first kappa shape index (κ1) is 11.7. The molecule has 0 aliphatic carbocycles. The molecule has 1 aromatic carbocycles. The number of hydrogen-bond donors (Lipinski definition) is 1. The average Bonchev–Trinajstić information content (AvgIpc) is 2.04. The SMILES string of the molecule is Cl.NC(CCl)c1ccccc1F. The Kier molecular flexibility index (Phi) is 5.22. The highest BCUT2D eigenvalue weighted by molar-refractivity contribution is 6.18. The zero-order valence-corrected chi connectivity index (χ0v) is 7.91. The van der Waals surface area contributed by atoms with Crippen molar-refractivity contribution >= 4 is 24.0 Å². The van der Waals surface area contributed by atoms with Gasteiger partial charge in [0, 0.05) is 17.5 Å². The summed E-state index contributed by atoms with van der Waals surface area (Å²) in [5.74, 6) is -0.0540. The molecule has 12 heavy (non-hydrogen) atoms. The Labute approximate surface area is 82.1 Å². The fraction of sp³-hybridized carbons (Fsp3) is 0.250. The third-order valence-corrected chi connectivity index (χ3v) is 1.80. The standard InChI is InChI=1S/C8H9ClFN.ClH/c9-5-8(11)6-3-1-2-4-7(6)10;/h1-4,8H,5,11H2;1H. The molecule has 68 valence electrons. The van der Waals surface area contributed by atoms with Gasteiger partial charge in [0.15, 0.2) is 0 Å². The molecule has 2 N–H and O–H groups in total. The summed E-state index contributed by atoms with van der Waals surface area (Å²) in [6.07, 6.45) is 0. The maximum absolute atomic E-state index is 12.9. The average molecular weight is 210 g/mol. The van der Waals surface area contributed by atoms with E-state index in [2.05, 4.69) is 0 Å². The number of halogens is 3. The van der Waals surface area contributed by atoms with Crippen molar-refractivity contribution in [3.05, 3.63) is 35.6 Å². The Bertz CT molecular complexity index is 242. The summed E-state index contributed by atoms with van der Waals surface area (Å²) in [4.78, 5) is 0. The van der Waals surface area contributed by atoms with Gasteiger partial charge >= 0.3 is 0 Å². The number of benzene rings is 1. The summed E-state index contributed by atoms with van der Waals surface area (Å²) in [5.41, 5.74) is 6.00. The number of alkyl halides is 1. The van der Waals surface area contributed by atoms with Crippen LogP contribution in [0.5, 0.6) is 0 Å². The van der Waals surface area contributed by atoms with Crippen molar-refractivity contribution in [2.75, 3.05) is 5.88 Å². The minimum Gasteiger partial charge on any atom is -0.323 e. The molecule has 0 aliphatic heterocycles. The molecule has 1 rings (SSSR count). The van der Waals surface area contributed by atoms with Gasteiger partial charge in [-0.15, -0.1) is 24.0 Å². The van der Waals surface area contributed by atoms with Gasteiger partial charge in [0.1, 0.15) is 5.82 Å². The molecule has 4 heteroatoms. The second kappa shape index (κ2) is 5.36. The lowest BCUT2D eigenvalue weighted by Gasteiger charge is -2.07. The Morgan fingerprint density at radius 3 is 2.50 bits per heavy atom. The Balaban J connectivity index is 0.00000121. The van der Waals surface area contributed by atoms with Crippen molar-refractivity contribution in [1.82, 2.24) is 0 Å². The van der Waals surface area contributed by atoms with E-state index in [9.17, 15) is 4.39 Å². The lowest BCUT2D eigenvalue weighted by Crippen LogP contribution is -2.13. The van der Waals surface area contributed by atoms with E-state index in [1.807, 2.05) is 0 Å². The highest BCUT2D eigenvalue weighted by Crippen LogP contribution is 2.14. The van der Waals surface area contributed by atoms with Gasteiger partial charge in [-0.25, -0.2) is 4.39 Å². The van der Waals surface area contributed by atoms with Crippen LogP contribution in [-0.2, 0) is 0 Å². The van der Waals surface area contributed by atoms with E-state index < -0.39 is 6.04 Å². The minimum atomic E-state index is -0.405. The van der Waals surface area contributed by atoms with Crippen molar-refractivity contribution in [2.45, 2.75) is 6.04 Å². The monoisotopic (exact) mass is 209 g/mol. The van der Waals surface area contributed by atoms with E-state index in [-0.39, 0.29) is 24.1 Å². The van der Waals surface area contributed by atoms with Crippen LogP contribution in [0.2, 0.25) is 0 Å². The zero-order chi connectivity index (χ0) is 8.27. The van der Waals surface area contributed by atoms with Gasteiger partial charge in [-0.3, -0.25) is 0 Å². The van der Waals surface area contributed by atoms with Gasteiger partial charge < -0.3 is 5.73 Å². The minimum absolute atomic E-state index is 0. The van der Waals surface area contributed by atoms with E-state index in [1.165, 1.54) is 6.07 Å². The molecule has 0 amide bonds. The molecule has 0 radical (unpaired) electrons. The third kappa shape index (κ3) is 2.63. The largest absolute Gasteiger partial charge is 0.323 e. The zero-order valence-electron chi connectivity index (χ0n) is 6.34. The van der Waals surface area contributed by atoms with Crippen LogP contribution in [0.3, 0.4) is 0 Å². The van der Waals surface area contributed by atoms with Crippen LogP contribution in [0, 0.1) is 5.82 Å². The van der Waals surface area contributed by atoms with E-state index in [4.69, 9.17) is 17.3 Å². The Hall–Kier alpha value is -0.310. The molecule has 1 atom stereocenters. The molecule has 0 saturated heterocycles. The van der Waals surface area contributed by atoms with Crippen LogP contribution in [0.4, 0.5) is 4.39 Å². The maximum Gasteiger partial charge on any atom is 0.128 e. The van der Waals surface area contributed by atoms with Crippen LogP contribution < -0.4 is 5.73 Å². The molecule has 0 saturated carbocycles. The van der Waals surface area contributed by atoms with Gasteiger partial charge in [-0.05, 0) is 6.07 Å². The first-order chi connectivity index (χ1) is 5.25. The van der Waals surface area contributed by atoms with Gasteiger partial charge in [0.05, 0.1) is 0 Å². The van der Waals surface area contributed by atoms with E-state index in [1.54, 1.807) is 18.2 Å². The molecule has 1 nitrogen and oxygen atoms in total. The topological polar surface area (TPSA) is 26.0 Å². The van der Waals surface area contributed by atoms with Crippen LogP contribution >= 0.6 is 24.0 Å². The Morgan fingerprint density at radius 1 is 1.42 bits per heavy atom. The van der Waals surface area contributed by atoms with Gasteiger partial charge in [-0.2, -0.15) is 0 Å². The molecule has 1 unspecified atom stereocenters. The predicted octanol–water partition coefficient (Wildman–Crippen LogP) is 2.49. The molecular weight excluding hydrogens is 200 g/mol. The van der Waals surface area contributed by atoms with Crippen LogP contribution in [0.1, 0.15) is 11.6 Å². The molecule has 1 aromatic rings. The predicted molar refractivity (Wildman–Crippen MR) is 51.3 cm³/mol. The molecule has 0 fully saturated rings. The first-order valence-corrected chi connectivity index (χ1v) is 3.85.